The molecule has 0 spiro atoms. The molecule has 0 aliphatic heterocycles. The number of aliphatic carboxylic acids is 1. The van der Waals surface area contributed by atoms with E-state index in [-0.39, 0.29) is 21.2 Å². The number of aliphatic hydroxyl groups is 1. The molecule has 2 aromatic rings. The molecule has 2 aromatic carbocycles. The van der Waals surface area contributed by atoms with Crippen LogP contribution in [0.2, 0.25) is 10.0 Å². The number of hydrogen-bond acceptors (Lipinski definition) is 2. The summed E-state index contributed by atoms with van der Waals surface area (Å²) < 4.78 is 13.9. The molecule has 0 aliphatic carbocycles. The Hall–Kier alpha value is -1.62. The molecule has 2 N–H and O–H groups in total. The Labute approximate surface area is 124 Å². The minimum absolute atomic E-state index is 0.0601. The van der Waals surface area contributed by atoms with Gasteiger partial charge in [0.2, 0.25) is 0 Å². The fourth-order valence-corrected chi connectivity index (χ4v) is 2.18. The molecule has 104 valence electrons. The number of hydrogen-bond donors (Lipinski definition) is 2. The molecule has 0 saturated heterocycles. The van der Waals surface area contributed by atoms with Crippen LogP contribution in [-0.4, -0.2) is 16.2 Å². The van der Waals surface area contributed by atoms with Gasteiger partial charge >= 0.3 is 5.97 Å². The predicted molar refractivity (Wildman–Crippen MR) is 74.5 cm³/mol. The van der Waals surface area contributed by atoms with Crippen molar-refractivity contribution in [3.8, 4) is 11.1 Å². The third kappa shape index (κ3) is 2.77. The Bertz CT molecular complexity index is 673. The molecule has 0 saturated carbocycles. The van der Waals surface area contributed by atoms with Gasteiger partial charge in [0.25, 0.3) is 0 Å². The molecular formula is C14H9Cl2FO3. The summed E-state index contributed by atoms with van der Waals surface area (Å²) in [5.41, 5.74) is 0.469. The Morgan fingerprint density at radius 2 is 1.85 bits per heavy atom. The fourth-order valence-electron chi connectivity index (χ4n) is 1.77. The van der Waals surface area contributed by atoms with Gasteiger partial charge < -0.3 is 10.2 Å². The fraction of sp³-hybridized carbons (Fsp3) is 0.0714. The van der Waals surface area contributed by atoms with Crippen LogP contribution in [0.5, 0.6) is 0 Å². The smallest absolute Gasteiger partial charge is 0.337 e. The highest BCUT2D eigenvalue weighted by atomic mass is 35.5. The lowest BCUT2D eigenvalue weighted by Crippen LogP contribution is -2.10. The lowest BCUT2D eigenvalue weighted by molar-refractivity contribution is -0.146. The molecule has 0 fully saturated rings. The van der Waals surface area contributed by atoms with E-state index in [1.165, 1.54) is 12.1 Å². The van der Waals surface area contributed by atoms with E-state index in [4.69, 9.17) is 28.3 Å². The number of carbonyl (C=O) groups is 1. The molecule has 6 heteroatoms. The number of halogens is 3. The van der Waals surface area contributed by atoms with Crippen molar-refractivity contribution in [2.45, 2.75) is 6.10 Å². The van der Waals surface area contributed by atoms with E-state index in [1.54, 1.807) is 18.2 Å². The first kappa shape index (κ1) is 14.8. The molecule has 0 aromatic heterocycles. The quantitative estimate of drug-likeness (QED) is 0.902. The highest BCUT2D eigenvalue weighted by molar-refractivity contribution is 6.43. The highest BCUT2D eigenvalue weighted by Crippen LogP contribution is 2.35. The minimum Gasteiger partial charge on any atom is -0.479 e. The second kappa shape index (κ2) is 5.79. The zero-order valence-electron chi connectivity index (χ0n) is 9.98. The number of carboxylic acids is 1. The van der Waals surface area contributed by atoms with E-state index in [0.29, 0.717) is 5.56 Å². The van der Waals surface area contributed by atoms with Gasteiger partial charge in [0.05, 0.1) is 10.0 Å². The van der Waals surface area contributed by atoms with Gasteiger partial charge in [-0.15, -0.1) is 0 Å². The van der Waals surface area contributed by atoms with Crippen LogP contribution in [0.15, 0.2) is 36.4 Å². The molecule has 20 heavy (non-hydrogen) atoms. The molecule has 3 nitrogen and oxygen atoms in total. The molecule has 0 amide bonds. The summed E-state index contributed by atoms with van der Waals surface area (Å²) in [7, 11) is 0. The van der Waals surface area contributed by atoms with Gasteiger partial charge in [0, 0.05) is 11.1 Å². The zero-order chi connectivity index (χ0) is 14.9. The summed E-state index contributed by atoms with van der Waals surface area (Å²) in [6, 6.07) is 8.24. The predicted octanol–water partition coefficient (Wildman–Crippen LogP) is 3.92. The van der Waals surface area contributed by atoms with E-state index in [2.05, 4.69) is 0 Å². The average molecular weight is 315 g/mol. The topological polar surface area (TPSA) is 57.5 Å². The van der Waals surface area contributed by atoms with Crippen molar-refractivity contribution < 1.29 is 19.4 Å². The lowest BCUT2D eigenvalue weighted by Gasteiger charge is -2.11. The third-order valence-corrected chi connectivity index (χ3v) is 3.60. The van der Waals surface area contributed by atoms with Crippen molar-refractivity contribution in [3.05, 3.63) is 57.8 Å². The van der Waals surface area contributed by atoms with E-state index in [0.717, 1.165) is 6.07 Å². The van der Waals surface area contributed by atoms with E-state index in [1.807, 2.05) is 0 Å². The summed E-state index contributed by atoms with van der Waals surface area (Å²) in [4.78, 5) is 10.8. The number of benzene rings is 2. The van der Waals surface area contributed by atoms with Crippen LogP contribution in [-0.2, 0) is 4.79 Å². The van der Waals surface area contributed by atoms with Crippen LogP contribution >= 0.6 is 23.2 Å². The molecule has 0 radical (unpaired) electrons. The normalized spacial score (nSPS) is 12.2. The monoisotopic (exact) mass is 314 g/mol. The molecule has 2 rings (SSSR count). The van der Waals surface area contributed by atoms with Gasteiger partial charge in [0.1, 0.15) is 5.82 Å². The molecule has 0 aliphatic rings. The lowest BCUT2D eigenvalue weighted by atomic mass is 10.00. The third-order valence-electron chi connectivity index (χ3n) is 2.78. The van der Waals surface area contributed by atoms with Crippen LogP contribution in [0.25, 0.3) is 11.1 Å². The van der Waals surface area contributed by atoms with Crippen molar-refractivity contribution >= 4 is 29.2 Å². The summed E-state index contributed by atoms with van der Waals surface area (Å²) in [6.07, 6.45) is -1.73. The second-order valence-electron chi connectivity index (χ2n) is 4.08. The molecule has 1 atom stereocenters. The second-order valence-corrected chi connectivity index (χ2v) is 4.87. The van der Waals surface area contributed by atoms with Crippen molar-refractivity contribution in [2.24, 2.45) is 0 Å². The molecular weight excluding hydrogens is 306 g/mol. The van der Waals surface area contributed by atoms with Gasteiger partial charge in [-0.05, 0) is 23.8 Å². The van der Waals surface area contributed by atoms with Crippen LogP contribution in [0.3, 0.4) is 0 Å². The maximum atomic E-state index is 13.9. The number of rotatable bonds is 3. The van der Waals surface area contributed by atoms with Crippen molar-refractivity contribution in [1.29, 1.82) is 0 Å². The number of carboxylic acid groups (broad SMARTS) is 1. The van der Waals surface area contributed by atoms with Gasteiger partial charge in [0.15, 0.2) is 6.10 Å². The first-order valence-corrected chi connectivity index (χ1v) is 6.32. The van der Waals surface area contributed by atoms with Crippen molar-refractivity contribution in [2.75, 3.05) is 0 Å². The minimum atomic E-state index is -1.73. The Morgan fingerprint density at radius 1 is 1.15 bits per heavy atom. The molecule has 0 bridgehead atoms. The van der Waals surface area contributed by atoms with Crippen LogP contribution in [0.1, 0.15) is 11.7 Å². The van der Waals surface area contributed by atoms with Crippen molar-refractivity contribution in [3.63, 3.8) is 0 Å². The average Bonchev–Trinajstić information content (AvgIpc) is 2.42. The van der Waals surface area contributed by atoms with Crippen LogP contribution < -0.4 is 0 Å². The summed E-state index contributed by atoms with van der Waals surface area (Å²) in [5, 5.41) is 18.7. The van der Waals surface area contributed by atoms with Gasteiger partial charge in [-0.25, -0.2) is 9.18 Å². The van der Waals surface area contributed by atoms with Gasteiger partial charge in [-0.1, -0.05) is 41.4 Å². The van der Waals surface area contributed by atoms with E-state index < -0.39 is 17.9 Å². The summed E-state index contributed by atoms with van der Waals surface area (Å²) in [5.74, 6) is -2.00. The maximum Gasteiger partial charge on any atom is 0.337 e. The standard InChI is InChI=1S/C14H9Cl2FO3/c15-10-3-1-2-8(12(10)16)9-6-7(4-5-11(9)17)13(18)14(19)20/h1-6,13,18H,(H,19,20). The largest absolute Gasteiger partial charge is 0.479 e. The highest BCUT2D eigenvalue weighted by Gasteiger charge is 2.19. The van der Waals surface area contributed by atoms with E-state index >= 15 is 0 Å². The maximum absolute atomic E-state index is 13.9. The van der Waals surface area contributed by atoms with Gasteiger partial charge in [-0.3, -0.25) is 0 Å². The first-order valence-electron chi connectivity index (χ1n) is 5.56. The van der Waals surface area contributed by atoms with Crippen LogP contribution in [0.4, 0.5) is 4.39 Å². The summed E-state index contributed by atoms with van der Waals surface area (Å²) >= 11 is 11.9. The van der Waals surface area contributed by atoms with E-state index in [9.17, 15) is 14.3 Å². The van der Waals surface area contributed by atoms with Crippen molar-refractivity contribution in [1.82, 2.24) is 0 Å². The molecule has 1 unspecified atom stereocenters. The summed E-state index contributed by atoms with van der Waals surface area (Å²) in [6.45, 7) is 0. The Morgan fingerprint density at radius 3 is 2.50 bits per heavy atom. The Kier molecular flexibility index (Phi) is 4.28. The van der Waals surface area contributed by atoms with Gasteiger partial charge in [-0.2, -0.15) is 0 Å². The number of aliphatic hydroxyl groups excluding tert-OH is 1. The Balaban J connectivity index is 2.59. The molecule has 0 heterocycles. The van der Waals surface area contributed by atoms with Crippen LogP contribution in [0, 0.1) is 5.82 Å². The zero-order valence-corrected chi connectivity index (χ0v) is 11.5. The first-order chi connectivity index (χ1) is 9.41. The SMILES string of the molecule is O=C(O)C(O)c1ccc(F)c(-c2cccc(Cl)c2Cl)c1.